The summed E-state index contributed by atoms with van der Waals surface area (Å²) in [4.78, 5) is 12.3. The summed E-state index contributed by atoms with van der Waals surface area (Å²) in [5.74, 6) is 0.236. The minimum absolute atomic E-state index is 0.236. The van der Waals surface area contributed by atoms with Crippen LogP contribution in [0.1, 0.15) is 38.7 Å². The molecule has 1 nitrogen and oxygen atoms in total. The van der Waals surface area contributed by atoms with Crippen molar-refractivity contribution in [2.24, 2.45) is 5.41 Å². The summed E-state index contributed by atoms with van der Waals surface area (Å²) < 4.78 is 0. The molecule has 3 heteroatoms. The lowest BCUT2D eigenvalue weighted by Crippen LogP contribution is -2.29. The van der Waals surface area contributed by atoms with E-state index in [1.807, 2.05) is 26.0 Å². The van der Waals surface area contributed by atoms with E-state index < -0.39 is 0 Å². The molecule has 1 aromatic rings. The molecule has 0 atom stereocenters. The van der Waals surface area contributed by atoms with E-state index in [0.717, 1.165) is 30.4 Å². The molecular weight excluding hydrogens is 267 g/mol. The van der Waals surface area contributed by atoms with E-state index in [-0.39, 0.29) is 11.2 Å². The van der Waals surface area contributed by atoms with Crippen LogP contribution in [0.5, 0.6) is 0 Å². The molecule has 0 aliphatic heterocycles. The number of carbonyl (C=O) groups excluding carboxylic acids is 1. The molecule has 0 N–H and O–H groups in total. The summed E-state index contributed by atoms with van der Waals surface area (Å²) in [6, 6.07) is 5.35. The highest BCUT2D eigenvalue weighted by Crippen LogP contribution is 2.36. The molecule has 0 saturated heterocycles. The summed E-state index contributed by atoms with van der Waals surface area (Å²) in [6.45, 7) is 4.01. The molecule has 0 spiro atoms. The number of carbonyl (C=O) groups is 1. The summed E-state index contributed by atoms with van der Waals surface area (Å²) in [5, 5.41) is 1.20. The van der Waals surface area contributed by atoms with E-state index >= 15 is 0 Å². The van der Waals surface area contributed by atoms with Crippen LogP contribution >= 0.6 is 23.2 Å². The van der Waals surface area contributed by atoms with Crippen LogP contribution in [-0.4, -0.2) is 5.78 Å². The molecule has 0 aromatic heterocycles. The van der Waals surface area contributed by atoms with Gasteiger partial charge in [-0.1, -0.05) is 43.1 Å². The van der Waals surface area contributed by atoms with Crippen LogP contribution in [0, 0.1) is 5.41 Å². The smallest absolute Gasteiger partial charge is 0.164 e. The second-order valence-corrected chi connectivity index (χ2v) is 6.25. The quantitative estimate of drug-likeness (QED) is 0.651. The molecule has 0 bridgehead atoms. The van der Waals surface area contributed by atoms with Crippen LogP contribution in [0.15, 0.2) is 23.8 Å². The lowest BCUT2D eigenvalue weighted by molar-refractivity contribution is -0.124. The number of benzene rings is 1. The summed E-state index contributed by atoms with van der Waals surface area (Å²) in [6.07, 6.45) is 4.75. The molecule has 0 unspecified atom stereocenters. The van der Waals surface area contributed by atoms with Crippen molar-refractivity contribution in [3.8, 4) is 0 Å². The lowest BCUT2D eigenvalue weighted by atomic mass is 9.73. The fourth-order valence-corrected chi connectivity index (χ4v) is 2.79. The predicted molar refractivity (Wildman–Crippen MR) is 77.1 cm³/mol. The van der Waals surface area contributed by atoms with Crippen molar-refractivity contribution in [2.45, 2.75) is 33.1 Å². The minimum atomic E-state index is -0.247. The third-order valence-corrected chi connectivity index (χ3v) is 4.01. The van der Waals surface area contributed by atoms with E-state index in [2.05, 4.69) is 0 Å². The Morgan fingerprint density at radius 3 is 2.67 bits per heavy atom. The van der Waals surface area contributed by atoms with Gasteiger partial charge in [0.25, 0.3) is 0 Å². The average Bonchev–Trinajstić information content (AvgIpc) is 2.28. The molecule has 1 saturated carbocycles. The van der Waals surface area contributed by atoms with Gasteiger partial charge in [0.15, 0.2) is 5.78 Å². The van der Waals surface area contributed by atoms with Crippen molar-refractivity contribution in [1.82, 2.24) is 0 Å². The van der Waals surface area contributed by atoms with E-state index in [1.165, 1.54) is 0 Å². The van der Waals surface area contributed by atoms with Crippen LogP contribution in [0.4, 0.5) is 0 Å². The zero-order valence-corrected chi connectivity index (χ0v) is 12.1. The Labute approximate surface area is 118 Å². The highest BCUT2D eigenvalue weighted by Gasteiger charge is 2.33. The second-order valence-electron chi connectivity index (χ2n) is 5.40. The first-order valence-corrected chi connectivity index (χ1v) is 6.86. The predicted octanol–water partition coefficient (Wildman–Crippen LogP) is 5.16. The van der Waals surface area contributed by atoms with E-state index in [9.17, 15) is 4.79 Å². The van der Waals surface area contributed by atoms with Crippen LogP contribution in [0.3, 0.4) is 0 Å². The Morgan fingerprint density at radius 2 is 2.00 bits per heavy atom. The number of hydrogen-bond acceptors (Lipinski definition) is 1. The van der Waals surface area contributed by atoms with Gasteiger partial charge in [-0.3, -0.25) is 4.79 Å². The zero-order valence-electron chi connectivity index (χ0n) is 10.6. The third-order valence-electron chi connectivity index (χ3n) is 3.45. The molecule has 0 heterocycles. The van der Waals surface area contributed by atoms with Gasteiger partial charge >= 0.3 is 0 Å². The molecule has 1 fully saturated rings. The monoisotopic (exact) mass is 282 g/mol. The van der Waals surface area contributed by atoms with Crippen molar-refractivity contribution in [2.75, 3.05) is 0 Å². The van der Waals surface area contributed by atoms with Gasteiger partial charge in [-0.15, -0.1) is 0 Å². The van der Waals surface area contributed by atoms with E-state index in [0.29, 0.717) is 10.0 Å². The van der Waals surface area contributed by atoms with Crippen molar-refractivity contribution in [1.29, 1.82) is 0 Å². The minimum Gasteiger partial charge on any atom is -0.294 e. The maximum Gasteiger partial charge on any atom is 0.164 e. The van der Waals surface area contributed by atoms with Gasteiger partial charge in [-0.05, 0) is 48.6 Å². The number of allylic oxidation sites excluding steroid dienone is 1. The second kappa shape index (κ2) is 5.07. The molecule has 1 aromatic carbocycles. The van der Waals surface area contributed by atoms with E-state index in [1.54, 1.807) is 12.1 Å². The van der Waals surface area contributed by atoms with Crippen LogP contribution < -0.4 is 0 Å². The highest BCUT2D eigenvalue weighted by atomic mass is 35.5. The van der Waals surface area contributed by atoms with Gasteiger partial charge < -0.3 is 0 Å². The molecule has 96 valence electrons. The van der Waals surface area contributed by atoms with Crippen molar-refractivity contribution in [3.05, 3.63) is 39.4 Å². The molecule has 1 aliphatic rings. The Hall–Kier alpha value is -0.790. The maximum absolute atomic E-state index is 12.3. The van der Waals surface area contributed by atoms with Crippen molar-refractivity contribution in [3.63, 3.8) is 0 Å². The highest BCUT2D eigenvalue weighted by molar-refractivity contribution is 6.35. The van der Waals surface area contributed by atoms with Gasteiger partial charge in [-0.2, -0.15) is 0 Å². The summed E-state index contributed by atoms with van der Waals surface area (Å²) in [7, 11) is 0. The Morgan fingerprint density at radius 1 is 1.28 bits per heavy atom. The Kier molecular flexibility index (Phi) is 3.84. The first-order valence-electron chi connectivity index (χ1n) is 6.10. The summed E-state index contributed by atoms with van der Waals surface area (Å²) >= 11 is 12.0. The lowest BCUT2D eigenvalue weighted by Gasteiger charge is -2.29. The SMILES string of the molecule is CC1(C)CCCC(=Cc2ccc(Cl)cc2Cl)C1=O. The average molecular weight is 283 g/mol. The first-order chi connectivity index (χ1) is 8.40. The largest absolute Gasteiger partial charge is 0.294 e. The molecule has 0 amide bonds. The molecule has 1 aliphatic carbocycles. The summed E-state index contributed by atoms with van der Waals surface area (Å²) in [5.41, 5.74) is 1.49. The normalized spacial score (nSPS) is 21.3. The third kappa shape index (κ3) is 2.78. The van der Waals surface area contributed by atoms with Crippen LogP contribution in [0.25, 0.3) is 6.08 Å². The first kappa shape index (κ1) is 13.6. The number of Topliss-reactive ketones (excluding diaryl/α,β-unsaturated/α-hetero) is 1. The topological polar surface area (TPSA) is 17.1 Å². The van der Waals surface area contributed by atoms with Crippen molar-refractivity contribution >= 4 is 35.1 Å². The van der Waals surface area contributed by atoms with Crippen LogP contribution in [-0.2, 0) is 4.79 Å². The fraction of sp³-hybridized carbons (Fsp3) is 0.400. The number of rotatable bonds is 1. The van der Waals surface area contributed by atoms with Gasteiger partial charge in [0.1, 0.15) is 0 Å². The molecule has 2 rings (SSSR count). The number of hydrogen-bond donors (Lipinski definition) is 0. The molecule has 0 radical (unpaired) electrons. The van der Waals surface area contributed by atoms with Crippen molar-refractivity contribution < 1.29 is 4.79 Å². The van der Waals surface area contributed by atoms with Crippen LogP contribution in [0.2, 0.25) is 10.0 Å². The van der Waals surface area contributed by atoms with Gasteiger partial charge in [0.2, 0.25) is 0 Å². The standard InChI is InChI=1S/C15H16Cl2O/c1-15(2)7-3-4-11(14(15)18)8-10-5-6-12(16)9-13(10)17/h5-6,8-9H,3-4,7H2,1-2H3. The number of ketones is 1. The van der Waals surface area contributed by atoms with E-state index in [4.69, 9.17) is 23.2 Å². The Bertz CT molecular complexity index is 515. The molecule has 18 heavy (non-hydrogen) atoms. The number of halogens is 2. The van der Waals surface area contributed by atoms with Gasteiger partial charge in [0, 0.05) is 15.5 Å². The maximum atomic E-state index is 12.3. The van der Waals surface area contributed by atoms with Gasteiger partial charge in [0.05, 0.1) is 0 Å². The Balaban J connectivity index is 2.35. The van der Waals surface area contributed by atoms with Gasteiger partial charge in [-0.25, -0.2) is 0 Å². The molecular formula is C15H16Cl2O. The fourth-order valence-electron chi connectivity index (χ4n) is 2.33. The zero-order chi connectivity index (χ0) is 13.3.